The maximum absolute atomic E-state index is 11.8. The van der Waals surface area contributed by atoms with E-state index in [0.29, 0.717) is 18.3 Å². The van der Waals surface area contributed by atoms with Crippen LogP contribution >= 0.6 is 0 Å². The van der Waals surface area contributed by atoms with Gasteiger partial charge in [-0.2, -0.15) is 0 Å². The van der Waals surface area contributed by atoms with E-state index in [2.05, 4.69) is 27.7 Å². The van der Waals surface area contributed by atoms with Crippen LogP contribution < -0.4 is 0 Å². The molecule has 2 N–H and O–H groups in total. The highest BCUT2D eigenvalue weighted by Crippen LogP contribution is 2.26. The van der Waals surface area contributed by atoms with Crippen LogP contribution in [0.2, 0.25) is 0 Å². The van der Waals surface area contributed by atoms with Crippen molar-refractivity contribution >= 4 is 11.9 Å². The fourth-order valence-electron chi connectivity index (χ4n) is 3.70. The summed E-state index contributed by atoms with van der Waals surface area (Å²) in [5, 5.41) is 19.1. The number of hydrogen-bond acceptors (Lipinski definition) is 2. The summed E-state index contributed by atoms with van der Waals surface area (Å²) < 4.78 is 0. The van der Waals surface area contributed by atoms with E-state index in [4.69, 9.17) is 0 Å². The van der Waals surface area contributed by atoms with E-state index in [1.54, 1.807) is 0 Å². The Morgan fingerprint density at radius 1 is 0.846 bits per heavy atom. The Morgan fingerprint density at radius 2 is 1.38 bits per heavy atom. The van der Waals surface area contributed by atoms with E-state index in [0.717, 1.165) is 56.1 Å². The Kier molecular flexibility index (Phi) is 9.39. The molecule has 0 saturated carbocycles. The van der Waals surface area contributed by atoms with Gasteiger partial charge < -0.3 is 10.2 Å². The number of aromatic carboxylic acids is 2. The lowest BCUT2D eigenvalue weighted by atomic mass is 9.86. The Balaban J connectivity index is 3.19. The number of benzene rings is 1. The van der Waals surface area contributed by atoms with Crippen molar-refractivity contribution in [2.45, 2.75) is 79.1 Å². The SMILES string of the molecule is CCCC(C)CCc1ccc(C(=O)O)c(C(=O)O)c1CCC(C)CCC. The van der Waals surface area contributed by atoms with Crippen LogP contribution in [-0.4, -0.2) is 22.2 Å². The van der Waals surface area contributed by atoms with Crippen molar-refractivity contribution in [1.29, 1.82) is 0 Å². The molecule has 0 spiro atoms. The van der Waals surface area contributed by atoms with Gasteiger partial charge in [0.2, 0.25) is 0 Å². The van der Waals surface area contributed by atoms with E-state index in [-0.39, 0.29) is 11.1 Å². The fourth-order valence-corrected chi connectivity index (χ4v) is 3.70. The molecule has 0 saturated heterocycles. The largest absolute Gasteiger partial charge is 0.478 e. The highest BCUT2D eigenvalue weighted by Gasteiger charge is 2.23. The molecule has 1 aromatic carbocycles. The van der Waals surface area contributed by atoms with E-state index >= 15 is 0 Å². The molecule has 2 unspecified atom stereocenters. The Hall–Kier alpha value is -1.84. The van der Waals surface area contributed by atoms with E-state index in [1.807, 2.05) is 6.07 Å². The highest BCUT2D eigenvalue weighted by atomic mass is 16.4. The first-order valence-corrected chi connectivity index (χ1v) is 9.93. The molecule has 0 aliphatic heterocycles. The molecule has 4 nitrogen and oxygen atoms in total. The molecule has 0 bridgehead atoms. The summed E-state index contributed by atoms with van der Waals surface area (Å²) in [4.78, 5) is 23.4. The summed E-state index contributed by atoms with van der Waals surface area (Å²) in [6, 6.07) is 3.29. The second kappa shape index (κ2) is 11.0. The quantitative estimate of drug-likeness (QED) is 0.491. The van der Waals surface area contributed by atoms with Crippen LogP contribution in [0.1, 0.15) is 98.1 Å². The van der Waals surface area contributed by atoms with Crippen LogP contribution in [0, 0.1) is 11.8 Å². The zero-order chi connectivity index (χ0) is 19.7. The van der Waals surface area contributed by atoms with Gasteiger partial charge in [-0.05, 0) is 54.7 Å². The third-order valence-electron chi connectivity index (χ3n) is 5.21. The molecule has 26 heavy (non-hydrogen) atoms. The summed E-state index contributed by atoms with van der Waals surface area (Å²) in [6.07, 6.45) is 7.81. The van der Waals surface area contributed by atoms with Crippen molar-refractivity contribution in [3.05, 3.63) is 34.4 Å². The molecule has 0 amide bonds. The second-order valence-electron chi connectivity index (χ2n) is 7.60. The van der Waals surface area contributed by atoms with Gasteiger partial charge in [-0.15, -0.1) is 0 Å². The minimum atomic E-state index is -1.17. The zero-order valence-electron chi connectivity index (χ0n) is 16.7. The average molecular weight is 363 g/mol. The molecule has 1 rings (SSSR count). The van der Waals surface area contributed by atoms with Crippen molar-refractivity contribution in [3.8, 4) is 0 Å². The first-order valence-electron chi connectivity index (χ1n) is 9.93. The normalized spacial score (nSPS) is 13.4. The predicted octanol–water partition coefficient (Wildman–Crippen LogP) is 5.82. The highest BCUT2D eigenvalue weighted by molar-refractivity contribution is 6.03. The summed E-state index contributed by atoms with van der Waals surface area (Å²) in [7, 11) is 0. The van der Waals surface area contributed by atoms with Gasteiger partial charge >= 0.3 is 11.9 Å². The van der Waals surface area contributed by atoms with Crippen molar-refractivity contribution in [1.82, 2.24) is 0 Å². The van der Waals surface area contributed by atoms with Crippen molar-refractivity contribution in [3.63, 3.8) is 0 Å². The second-order valence-corrected chi connectivity index (χ2v) is 7.60. The molecular formula is C22H34O4. The Morgan fingerprint density at radius 3 is 1.85 bits per heavy atom. The number of aryl methyl sites for hydroxylation is 1. The van der Waals surface area contributed by atoms with E-state index in [9.17, 15) is 19.8 Å². The van der Waals surface area contributed by atoms with Crippen LogP contribution in [0.3, 0.4) is 0 Å². The molecule has 0 heterocycles. The van der Waals surface area contributed by atoms with Crippen molar-refractivity contribution in [2.24, 2.45) is 11.8 Å². The number of rotatable bonds is 12. The zero-order valence-corrected chi connectivity index (χ0v) is 16.7. The summed E-state index contributed by atoms with van der Waals surface area (Å²) in [5.41, 5.74) is 1.62. The minimum Gasteiger partial charge on any atom is -0.478 e. The topological polar surface area (TPSA) is 74.6 Å². The molecule has 0 aliphatic rings. The van der Waals surface area contributed by atoms with Gasteiger partial charge in [-0.1, -0.05) is 59.4 Å². The number of carboxylic acids is 2. The molecule has 0 aromatic heterocycles. The van der Waals surface area contributed by atoms with Gasteiger partial charge in [0, 0.05) is 0 Å². The molecule has 0 radical (unpaired) electrons. The van der Waals surface area contributed by atoms with E-state index < -0.39 is 11.9 Å². The van der Waals surface area contributed by atoms with Gasteiger partial charge in [0.25, 0.3) is 0 Å². The molecular weight excluding hydrogens is 328 g/mol. The smallest absolute Gasteiger partial charge is 0.336 e. The van der Waals surface area contributed by atoms with Gasteiger partial charge in [0.15, 0.2) is 0 Å². The van der Waals surface area contributed by atoms with Gasteiger partial charge in [0.1, 0.15) is 0 Å². The van der Waals surface area contributed by atoms with Crippen LogP contribution in [0.15, 0.2) is 12.1 Å². The molecule has 146 valence electrons. The number of hydrogen-bond donors (Lipinski definition) is 2. The number of carbonyl (C=O) groups is 2. The first kappa shape index (κ1) is 22.2. The van der Waals surface area contributed by atoms with Gasteiger partial charge in [-0.25, -0.2) is 9.59 Å². The lowest BCUT2D eigenvalue weighted by molar-refractivity contribution is 0.0650. The third-order valence-corrected chi connectivity index (χ3v) is 5.21. The molecule has 2 atom stereocenters. The average Bonchev–Trinajstić information content (AvgIpc) is 2.57. The van der Waals surface area contributed by atoms with E-state index in [1.165, 1.54) is 6.07 Å². The Labute approximate surface area is 157 Å². The third kappa shape index (κ3) is 6.47. The number of carboxylic acid groups (broad SMARTS) is 2. The molecule has 1 aromatic rings. The maximum atomic E-state index is 11.8. The lowest BCUT2D eigenvalue weighted by Crippen LogP contribution is -2.15. The minimum absolute atomic E-state index is 0.0122. The van der Waals surface area contributed by atoms with Gasteiger partial charge in [0.05, 0.1) is 11.1 Å². The van der Waals surface area contributed by atoms with Crippen LogP contribution in [-0.2, 0) is 12.8 Å². The monoisotopic (exact) mass is 362 g/mol. The molecule has 4 heteroatoms. The molecule has 0 aliphatic carbocycles. The summed E-state index contributed by atoms with van der Waals surface area (Å²) in [5.74, 6) is -1.22. The van der Waals surface area contributed by atoms with Crippen LogP contribution in [0.5, 0.6) is 0 Å². The summed E-state index contributed by atoms with van der Waals surface area (Å²) in [6.45, 7) is 8.70. The standard InChI is InChI=1S/C22H34O4/c1-5-7-15(3)9-11-17-12-14-19(21(23)24)20(22(25)26)18(17)13-10-16(4)8-6-2/h12,14-16H,5-11,13H2,1-4H3,(H,23,24)(H,25,26). The van der Waals surface area contributed by atoms with Crippen molar-refractivity contribution < 1.29 is 19.8 Å². The maximum Gasteiger partial charge on any atom is 0.336 e. The van der Waals surface area contributed by atoms with Gasteiger partial charge in [-0.3, -0.25) is 0 Å². The van der Waals surface area contributed by atoms with Crippen LogP contribution in [0.25, 0.3) is 0 Å². The van der Waals surface area contributed by atoms with Crippen molar-refractivity contribution in [2.75, 3.05) is 0 Å². The molecule has 0 fully saturated rings. The first-order chi connectivity index (χ1) is 12.3. The Bertz CT molecular complexity index is 606. The lowest BCUT2D eigenvalue weighted by Gasteiger charge is -2.18. The fraction of sp³-hybridized carbons (Fsp3) is 0.636. The van der Waals surface area contributed by atoms with Crippen LogP contribution in [0.4, 0.5) is 0 Å². The summed E-state index contributed by atoms with van der Waals surface area (Å²) >= 11 is 0. The predicted molar refractivity (Wildman–Crippen MR) is 105 cm³/mol.